The van der Waals surface area contributed by atoms with Crippen molar-refractivity contribution < 1.29 is 24.7 Å². The van der Waals surface area contributed by atoms with Gasteiger partial charge in [0, 0.05) is 37.5 Å². The zero-order valence-electron chi connectivity index (χ0n) is 18.8. The SMILES string of the molecule is CCN(CCOC(=O)CCNCC(O)CO)c1ccc(N=Nc2ccc([N+](=O)[O-])cc2Cl)cc1. The number of halogens is 1. The maximum absolute atomic E-state index is 11.8. The minimum absolute atomic E-state index is 0.117. The summed E-state index contributed by atoms with van der Waals surface area (Å²) >= 11 is 6.03. The molecule has 0 saturated carbocycles. The molecule has 0 bridgehead atoms. The number of benzene rings is 2. The van der Waals surface area contributed by atoms with E-state index in [-0.39, 0.29) is 42.9 Å². The van der Waals surface area contributed by atoms with Gasteiger partial charge in [0.1, 0.15) is 12.3 Å². The van der Waals surface area contributed by atoms with Crippen molar-refractivity contribution in [2.75, 3.05) is 44.3 Å². The Morgan fingerprint density at radius 2 is 2.00 bits per heavy atom. The van der Waals surface area contributed by atoms with Crippen molar-refractivity contribution in [3.8, 4) is 0 Å². The van der Waals surface area contributed by atoms with Crippen LogP contribution in [0.5, 0.6) is 0 Å². The molecule has 12 heteroatoms. The molecule has 0 aliphatic carbocycles. The number of nitrogens with one attached hydrogen (secondary N) is 1. The summed E-state index contributed by atoms with van der Waals surface area (Å²) in [6, 6.07) is 11.3. The van der Waals surface area contributed by atoms with Gasteiger partial charge < -0.3 is 25.2 Å². The predicted molar refractivity (Wildman–Crippen MR) is 128 cm³/mol. The van der Waals surface area contributed by atoms with E-state index in [4.69, 9.17) is 21.4 Å². The van der Waals surface area contributed by atoms with Crippen LogP contribution in [0.25, 0.3) is 0 Å². The first-order valence-electron chi connectivity index (χ1n) is 10.7. The van der Waals surface area contributed by atoms with Crippen molar-refractivity contribution in [3.05, 3.63) is 57.6 Å². The lowest BCUT2D eigenvalue weighted by atomic mass is 10.2. The van der Waals surface area contributed by atoms with Crippen LogP contribution >= 0.6 is 11.6 Å². The number of anilines is 1. The van der Waals surface area contributed by atoms with Gasteiger partial charge in [0.05, 0.1) is 41.3 Å². The topological polar surface area (TPSA) is 150 Å². The third-order valence-electron chi connectivity index (χ3n) is 4.73. The molecule has 2 rings (SSSR count). The van der Waals surface area contributed by atoms with Crippen molar-refractivity contribution in [3.63, 3.8) is 0 Å². The molecule has 0 aromatic heterocycles. The summed E-state index contributed by atoms with van der Waals surface area (Å²) < 4.78 is 5.25. The van der Waals surface area contributed by atoms with Gasteiger partial charge in [-0.25, -0.2) is 0 Å². The summed E-state index contributed by atoms with van der Waals surface area (Å²) in [6.45, 7) is 3.67. The van der Waals surface area contributed by atoms with Gasteiger partial charge in [-0.2, -0.15) is 5.11 Å². The van der Waals surface area contributed by atoms with Crippen molar-refractivity contribution in [1.29, 1.82) is 0 Å². The minimum Gasteiger partial charge on any atom is -0.464 e. The lowest BCUT2D eigenvalue weighted by Crippen LogP contribution is -2.31. The number of carbonyl (C=O) groups excluding carboxylic acids is 1. The fourth-order valence-electron chi connectivity index (χ4n) is 2.87. The molecule has 2 aromatic carbocycles. The molecular weight excluding hydrogens is 466 g/mol. The fourth-order valence-corrected chi connectivity index (χ4v) is 3.08. The lowest BCUT2D eigenvalue weighted by molar-refractivity contribution is -0.384. The Morgan fingerprint density at radius 1 is 1.26 bits per heavy atom. The van der Waals surface area contributed by atoms with Crippen molar-refractivity contribution in [2.24, 2.45) is 10.2 Å². The Bertz CT molecular complexity index is 973. The third kappa shape index (κ3) is 9.02. The van der Waals surface area contributed by atoms with Gasteiger partial charge in [0.2, 0.25) is 0 Å². The number of esters is 1. The van der Waals surface area contributed by atoms with Gasteiger partial charge in [-0.05, 0) is 37.3 Å². The van der Waals surface area contributed by atoms with Crippen molar-refractivity contribution in [1.82, 2.24) is 5.32 Å². The van der Waals surface area contributed by atoms with Crippen molar-refractivity contribution >= 4 is 40.3 Å². The maximum Gasteiger partial charge on any atom is 0.307 e. The number of nitro groups is 1. The summed E-state index contributed by atoms with van der Waals surface area (Å²) in [5.74, 6) is -0.345. The number of hydrogen-bond donors (Lipinski definition) is 3. The largest absolute Gasteiger partial charge is 0.464 e. The molecule has 34 heavy (non-hydrogen) atoms. The number of rotatable bonds is 14. The predicted octanol–water partition coefficient (Wildman–Crippen LogP) is 3.37. The summed E-state index contributed by atoms with van der Waals surface area (Å²) in [7, 11) is 0. The Labute approximate surface area is 202 Å². The molecule has 0 fully saturated rings. The summed E-state index contributed by atoms with van der Waals surface area (Å²) in [6.07, 6.45) is -0.676. The van der Waals surface area contributed by atoms with Crippen LogP contribution in [0.15, 0.2) is 52.7 Å². The van der Waals surface area contributed by atoms with Crippen molar-refractivity contribution in [2.45, 2.75) is 19.4 Å². The van der Waals surface area contributed by atoms with Crippen LogP contribution in [-0.4, -0.2) is 66.6 Å². The van der Waals surface area contributed by atoms with E-state index in [9.17, 15) is 20.0 Å². The lowest BCUT2D eigenvalue weighted by Gasteiger charge is -2.23. The maximum atomic E-state index is 11.8. The van der Waals surface area contributed by atoms with E-state index < -0.39 is 11.0 Å². The summed E-state index contributed by atoms with van der Waals surface area (Å²) in [5, 5.41) is 39.9. The number of aliphatic hydroxyl groups is 2. The van der Waals surface area contributed by atoms with E-state index in [2.05, 4.69) is 15.5 Å². The number of carbonyl (C=O) groups is 1. The molecule has 0 aliphatic heterocycles. The number of nitro benzene ring substituents is 1. The third-order valence-corrected chi connectivity index (χ3v) is 5.04. The highest BCUT2D eigenvalue weighted by Gasteiger charge is 2.10. The fraction of sp³-hybridized carbons (Fsp3) is 0.409. The second-order valence-electron chi connectivity index (χ2n) is 7.20. The molecule has 0 radical (unpaired) electrons. The van der Waals surface area contributed by atoms with Gasteiger partial charge in [-0.3, -0.25) is 14.9 Å². The molecule has 0 heterocycles. The molecule has 0 aliphatic rings. The molecule has 2 aromatic rings. The number of likely N-dealkylation sites (N-methyl/N-ethyl adjacent to an activating group) is 1. The average Bonchev–Trinajstić information content (AvgIpc) is 2.84. The van der Waals surface area contributed by atoms with Crippen LogP contribution in [0.1, 0.15) is 13.3 Å². The number of non-ortho nitro benzene ring substituents is 1. The molecule has 184 valence electrons. The average molecular weight is 494 g/mol. The second kappa shape index (κ2) is 14.2. The molecular formula is C22H28ClN5O6. The van der Waals surface area contributed by atoms with E-state index in [0.29, 0.717) is 31.0 Å². The van der Waals surface area contributed by atoms with E-state index in [1.165, 1.54) is 18.2 Å². The van der Waals surface area contributed by atoms with E-state index >= 15 is 0 Å². The first-order valence-corrected chi connectivity index (χ1v) is 11.1. The van der Waals surface area contributed by atoms with Crippen LogP contribution < -0.4 is 10.2 Å². The second-order valence-corrected chi connectivity index (χ2v) is 7.61. The summed E-state index contributed by atoms with van der Waals surface area (Å²) in [5.41, 5.74) is 1.71. The smallest absolute Gasteiger partial charge is 0.307 e. The van der Waals surface area contributed by atoms with Crippen LogP contribution in [0.4, 0.5) is 22.7 Å². The van der Waals surface area contributed by atoms with Gasteiger partial charge >= 0.3 is 5.97 Å². The molecule has 11 nitrogen and oxygen atoms in total. The highest BCUT2D eigenvalue weighted by atomic mass is 35.5. The van der Waals surface area contributed by atoms with Crippen LogP contribution in [0, 0.1) is 10.1 Å². The molecule has 0 amide bonds. The summed E-state index contributed by atoms with van der Waals surface area (Å²) in [4.78, 5) is 24.1. The number of nitrogens with zero attached hydrogens (tertiary/aromatic N) is 4. The highest BCUT2D eigenvalue weighted by molar-refractivity contribution is 6.33. The Morgan fingerprint density at radius 3 is 2.62 bits per heavy atom. The monoisotopic (exact) mass is 493 g/mol. The van der Waals surface area contributed by atoms with Gasteiger partial charge in [-0.1, -0.05) is 11.6 Å². The van der Waals surface area contributed by atoms with E-state index in [1.54, 1.807) is 12.1 Å². The molecule has 0 spiro atoms. The first-order chi connectivity index (χ1) is 16.3. The standard InChI is InChI=1S/C22H28ClN5O6/c1-2-27(11-12-34-22(31)9-10-24-14-19(30)15-29)17-5-3-16(4-6-17)25-26-21-8-7-18(28(32)33)13-20(21)23/h3-8,13,19,24,29-30H,2,9-12,14-15H2,1H3. The zero-order valence-corrected chi connectivity index (χ0v) is 19.5. The molecule has 1 unspecified atom stereocenters. The van der Waals surface area contributed by atoms with Crippen LogP contribution in [-0.2, 0) is 9.53 Å². The number of ether oxygens (including phenoxy) is 1. The quantitative estimate of drug-likeness (QED) is 0.119. The first kappa shape index (κ1) is 27.1. The van der Waals surface area contributed by atoms with Gasteiger partial charge in [-0.15, -0.1) is 5.11 Å². The number of aliphatic hydroxyl groups excluding tert-OH is 2. The number of azo groups is 1. The highest BCUT2D eigenvalue weighted by Crippen LogP contribution is 2.30. The Kier molecular flexibility index (Phi) is 11.3. The van der Waals surface area contributed by atoms with Crippen LogP contribution in [0.3, 0.4) is 0 Å². The van der Waals surface area contributed by atoms with E-state index in [0.717, 1.165) is 5.69 Å². The number of hydrogen-bond acceptors (Lipinski definition) is 10. The minimum atomic E-state index is -0.845. The normalized spacial score (nSPS) is 12.0. The van der Waals surface area contributed by atoms with E-state index in [1.807, 2.05) is 24.0 Å². The van der Waals surface area contributed by atoms with Crippen LogP contribution in [0.2, 0.25) is 5.02 Å². The molecule has 3 N–H and O–H groups in total. The molecule has 1 atom stereocenters. The van der Waals surface area contributed by atoms with Gasteiger partial charge in [0.15, 0.2) is 0 Å². The Balaban J connectivity index is 1.82. The zero-order chi connectivity index (χ0) is 24.9. The molecule has 0 saturated heterocycles. The Hall–Kier alpha value is -3.12. The van der Waals surface area contributed by atoms with Gasteiger partial charge in [0.25, 0.3) is 5.69 Å².